The molecule has 0 amide bonds. The molecule has 1 aliphatic rings. The molecule has 1 aromatic carbocycles. The maximum absolute atomic E-state index is 13.4. The van der Waals surface area contributed by atoms with Gasteiger partial charge in [-0.3, -0.25) is 0 Å². The fraction of sp³-hybridized carbons (Fsp3) is 0.500. The molecule has 0 bridgehead atoms. The highest BCUT2D eigenvalue weighted by Crippen LogP contribution is 2.25. The third-order valence-corrected chi connectivity index (χ3v) is 4.66. The monoisotopic (exact) mass is 273 g/mol. The highest BCUT2D eigenvalue weighted by atomic mass is 32.2. The highest BCUT2D eigenvalue weighted by molar-refractivity contribution is 7.89. The predicted molar refractivity (Wildman–Crippen MR) is 64.9 cm³/mol. The summed E-state index contributed by atoms with van der Waals surface area (Å²) in [4.78, 5) is -0.330. The van der Waals surface area contributed by atoms with Gasteiger partial charge in [-0.15, -0.1) is 0 Å². The van der Waals surface area contributed by atoms with Gasteiger partial charge in [0.1, 0.15) is 10.7 Å². The van der Waals surface area contributed by atoms with Gasteiger partial charge in [-0.2, -0.15) is 0 Å². The SMILES string of the molecule is O=S(=O)(NCC1CCC(O)C1)c1ccccc1F. The van der Waals surface area contributed by atoms with Crippen molar-refractivity contribution in [2.24, 2.45) is 5.92 Å². The van der Waals surface area contributed by atoms with E-state index >= 15 is 0 Å². The molecule has 0 aliphatic heterocycles. The standard InChI is InChI=1S/C12H16FNO3S/c13-11-3-1-2-4-12(11)18(16,17)14-8-9-5-6-10(15)7-9/h1-4,9-10,14-15H,5-8H2. The summed E-state index contributed by atoms with van der Waals surface area (Å²) in [6.45, 7) is 0.244. The van der Waals surface area contributed by atoms with Crippen molar-refractivity contribution in [3.05, 3.63) is 30.1 Å². The van der Waals surface area contributed by atoms with Crippen LogP contribution in [0.3, 0.4) is 0 Å². The zero-order chi connectivity index (χ0) is 13.2. The number of benzene rings is 1. The van der Waals surface area contributed by atoms with Crippen molar-refractivity contribution in [1.82, 2.24) is 4.72 Å². The van der Waals surface area contributed by atoms with E-state index < -0.39 is 15.8 Å². The van der Waals surface area contributed by atoms with Crippen LogP contribution in [0, 0.1) is 11.7 Å². The van der Waals surface area contributed by atoms with E-state index in [1.54, 1.807) is 0 Å². The van der Waals surface area contributed by atoms with E-state index in [0.29, 0.717) is 12.8 Å². The van der Waals surface area contributed by atoms with Gasteiger partial charge in [0.25, 0.3) is 0 Å². The first kappa shape index (κ1) is 13.5. The second-order valence-corrected chi connectivity index (χ2v) is 6.35. The minimum absolute atomic E-state index is 0.126. The maximum Gasteiger partial charge on any atom is 0.243 e. The van der Waals surface area contributed by atoms with Gasteiger partial charge in [0.2, 0.25) is 10.0 Å². The molecule has 0 saturated heterocycles. The van der Waals surface area contributed by atoms with E-state index in [1.807, 2.05) is 0 Å². The summed E-state index contributed by atoms with van der Waals surface area (Å²) >= 11 is 0. The van der Waals surface area contributed by atoms with Crippen LogP contribution in [0.25, 0.3) is 0 Å². The fourth-order valence-corrected chi connectivity index (χ4v) is 3.40. The summed E-state index contributed by atoms with van der Waals surface area (Å²) in [7, 11) is -3.80. The lowest BCUT2D eigenvalue weighted by atomic mass is 10.1. The molecule has 0 aromatic heterocycles. The molecular weight excluding hydrogens is 257 g/mol. The van der Waals surface area contributed by atoms with Gasteiger partial charge in [0.05, 0.1) is 6.10 Å². The van der Waals surface area contributed by atoms with E-state index in [2.05, 4.69) is 4.72 Å². The lowest BCUT2D eigenvalue weighted by Crippen LogP contribution is -2.29. The van der Waals surface area contributed by atoms with Crippen molar-refractivity contribution >= 4 is 10.0 Å². The lowest BCUT2D eigenvalue weighted by molar-refractivity contribution is 0.178. The third kappa shape index (κ3) is 3.07. The summed E-state index contributed by atoms with van der Waals surface area (Å²) in [5.41, 5.74) is 0. The number of hydrogen-bond donors (Lipinski definition) is 2. The van der Waals surface area contributed by atoms with Gasteiger partial charge in [0, 0.05) is 6.54 Å². The number of hydrogen-bond acceptors (Lipinski definition) is 3. The largest absolute Gasteiger partial charge is 0.393 e. The molecule has 1 saturated carbocycles. The normalized spacial score (nSPS) is 24.3. The van der Waals surface area contributed by atoms with E-state index in [4.69, 9.17) is 0 Å². The van der Waals surface area contributed by atoms with Crippen molar-refractivity contribution in [3.63, 3.8) is 0 Å². The van der Waals surface area contributed by atoms with Crippen LogP contribution < -0.4 is 4.72 Å². The van der Waals surface area contributed by atoms with Gasteiger partial charge < -0.3 is 5.11 Å². The first-order valence-corrected chi connectivity index (χ1v) is 7.39. The number of sulfonamides is 1. The molecule has 2 rings (SSSR count). The topological polar surface area (TPSA) is 66.4 Å². The van der Waals surface area contributed by atoms with Crippen molar-refractivity contribution < 1.29 is 17.9 Å². The van der Waals surface area contributed by atoms with Crippen LogP contribution in [0.5, 0.6) is 0 Å². The Hall–Kier alpha value is -0.980. The number of rotatable bonds is 4. The zero-order valence-electron chi connectivity index (χ0n) is 9.84. The maximum atomic E-state index is 13.4. The molecule has 1 aliphatic carbocycles. The Morgan fingerprint density at radius 2 is 2.06 bits per heavy atom. The number of aliphatic hydroxyl groups is 1. The van der Waals surface area contributed by atoms with Gasteiger partial charge in [-0.25, -0.2) is 17.5 Å². The molecule has 2 unspecified atom stereocenters. The number of nitrogens with one attached hydrogen (secondary N) is 1. The minimum atomic E-state index is -3.80. The van der Waals surface area contributed by atoms with Crippen LogP contribution >= 0.6 is 0 Å². The second-order valence-electron chi connectivity index (χ2n) is 4.62. The molecule has 1 aromatic rings. The Kier molecular flexibility index (Phi) is 3.99. The second kappa shape index (κ2) is 5.34. The first-order valence-electron chi connectivity index (χ1n) is 5.91. The minimum Gasteiger partial charge on any atom is -0.393 e. The Morgan fingerprint density at radius 3 is 2.67 bits per heavy atom. The van der Waals surface area contributed by atoms with Gasteiger partial charge in [-0.05, 0) is 37.3 Å². The predicted octanol–water partition coefficient (Wildman–Crippen LogP) is 1.26. The molecule has 0 heterocycles. The average molecular weight is 273 g/mol. The molecule has 18 heavy (non-hydrogen) atoms. The van der Waals surface area contributed by atoms with Crippen molar-refractivity contribution in [2.75, 3.05) is 6.54 Å². The summed E-state index contributed by atoms with van der Waals surface area (Å²) in [5.74, 6) is -0.627. The number of halogens is 1. The summed E-state index contributed by atoms with van der Waals surface area (Å²) in [5, 5.41) is 9.35. The molecule has 1 fully saturated rings. The van der Waals surface area contributed by atoms with Gasteiger partial charge in [-0.1, -0.05) is 12.1 Å². The van der Waals surface area contributed by atoms with Crippen molar-refractivity contribution in [1.29, 1.82) is 0 Å². The molecule has 4 nitrogen and oxygen atoms in total. The van der Waals surface area contributed by atoms with Gasteiger partial charge >= 0.3 is 0 Å². The summed E-state index contributed by atoms with van der Waals surface area (Å²) in [6, 6.07) is 5.29. The zero-order valence-corrected chi connectivity index (χ0v) is 10.7. The first-order chi connectivity index (χ1) is 8.49. The van der Waals surface area contributed by atoms with Crippen LogP contribution in [0.2, 0.25) is 0 Å². The van der Waals surface area contributed by atoms with Crippen LogP contribution in [0.4, 0.5) is 4.39 Å². The van der Waals surface area contributed by atoms with E-state index in [-0.39, 0.29) is 23.5 Å². The van der Waals surface area contributed by atoms with Crippen LogP contribution in [-0.4, -0.2) is 26.2 Å². The molecule has 2 N–H and O–H groups in total. The highest BCUT2D eigenvalue weighted by Gasteiger charge is 2.25. The van der Waals surface area contributed by atoms with E-state index in [9.17, 15) is 17.9 Å². The Balaban J connectivity index is 2.02. The third-order valence-electron chi connectivity index (χ3n) is 3.20. The van der Waals surface area contributed by atoms with Crippen molar-refractivity contribution in [3.8, 4) is 0 Å². The molecule has 2 atom stereocenters. The average Bonchev–Trinajstić information content (AvgIpc) is 2.73. The Morgan fingerprint density at radius 1 is 1.33 bits per heavy atom. The van der Waals surface area contributed by atoms with Crippen LogP contribution in [0.15, 0.2) is 29.2 Å². The Labute approximate surface area is 106 Å². The van der Waals surface area contributed by atoms with Crippen LogP contribution in [-0.2, 0) is 10.0 Å². The molecule has 6 heteroatoms. The van der Waals surface area contributed by atoms with E-state index in [0.717, 1.165) is 12.5 Å². The summed E-state index contributed by atoms with van der Waals surface area (Å²) in [6.07, 6.45) is 1.75. The van der Waals surface area contributed by atoms with Crippen molar-refractivity contribution in [2.45, 2.75) is 30.3 Å². The Bertz CT molecular complexity index is 518. The van der Waals surface area contributed by atoms with Gasteiger partial charge in [0.15, 0.2) is 0 Å². The number of aliphatic hydroxyl groups excluding tert-OH is 1. The quantitative estimate of drug-likeness (QED) is 0.868. The fourth-order valence-electron chi connectivity index (χ4n) is 2.20. The molecule has 100 valence electrons. The molecule has 0 radical (unpaired) electrons. The molecular formula is C12H16FNO3S. The van der Waals surface area contributed by atoms with E-state index in [1.165, 1.54) is 18.2 Å². The molecule has 0 spiro atoms. The summed E-state index contributed by atoms with van der Waals surface area (Å²) < 4.78 is 39.5. The lowest BCUT2D eigenvalue weighted by Gasteiger charge is -2.11. The smallest absolute Gasteiger partial charge is 0.243 e. The van der Waals surface area contributed by atoms with Crippen LogP contribution in [0.1, 0.15) is 19.3 Å².